The fraction of sp³-hybridized carbons (Fsp3) is 0.857. The molecular formula is C14H24Br2O4. The van der Waals surface area contributed by atoms with Gasteiger partial charge in [-0.2, -0.15) is 0 Å². The van der Waals surface area contributed by atoms with Gasteiger partial charge in [0.05, 0.1) is 0 Å². The van der Waals surface area contributed by atoms with Gasteiger partial charge in [-0.25, -0.2) is 0 Å². The van der Waals surface area contributed by atoms with E-state index in [2.05, 4.69) is 31.9 Å². The van der Waals surface area contributed by atoms with Crippen LogP contribution in [0.3, 0.4) is 0 Å². The van der Waals surface area contributed by atoms with E-state index in [1.54, 1.807) is 20.8 Å². The summed E-state index contributed by atoms with van der Waals surface area (Å²) in [7, 11) is 0. The number of carbonyl (C=O) groups is 2. The van der Waals surface area contributed by atoms with Crippen LogP contribution in [0.4, 0.5) is 0 Å². The van der Waals surface area contributed by atoms with Crippen LogP contribution in [-0.4, -0.2) is 32.8 Å². The molecule has 1 atom stereocenters. The fourth-order valence-electron chi connectivity index (χ4n) is 1.29. The number of ether oxygens (including phenoxy) is 2. The van der Waals surface area contributed by atoms with Crippen molar-refractivity contribution in [2.45, 2.75) is 69.9 Å². The first kappa shape index (κ1) is 19.9. The molecule has 0 spiro atoms. The van der Waals surface area contributed by atoms with E-state index in [0.29, 0.717) is 11.8 Å². The van der Waals surface area contributed by atoms with Crippen molar-refractivity contribution in [3.8, 4) is 0 Å². The lowest BCUT2D eigenvalue weighted by atomic mass is 10.0. The maximum atomic E-state index is 12.2. The third-order valence-electron chi connectivity index (χ3n) is 2.12. The van der Waals surface area contributed by atoms with Crippen LogP contribution in [0, 0.1) is 0 Å². The van der Waals surface area contributed by atoms with Crippen LogP contribution in [0.2, 0.25) is 0 Å². The normalized spacial score (nSPS) is 15.4. The van der Waals surface area contributed by atoms with E-state index < -0.39 is 15.5 Å². The molecule has 0 fully saturated rings. The lowest BCUT2D eigenvalue weighted by Gasteiger charge is -2.28. The van der Waals surface area contributed by atoms with Gasteiger partial charge in [0.25, 0.3) is 0 Å². The molecule has 0 aromatic carbocycles. The minimum absolute atomic E-state index is 0.146. The molecule has 0 aliphatic heterocycles. The van der Waals surface area contributed by atoms with Gasteiger partial charge in [0, 0.05) is 11.8 Å². The maximum Gasteiger partial charge on any atom is 0.324 e. The first-order chi connectivity index (χ1) is 8.79. The highest BCUT2D eigenvalue weighted by Crippen LogP contribution is 2.30. The van der Waals surface area contributed by atoms with Gasteiger partial charge in [-0.15, -0.1) is 0 Å². The molecule has 0 heterocycles. The monoisotopic (exact) mass is 414 g/mol. The maximum absolute atomic E-state index is 12.2. The Morgan fingerprint density at radius 2 is 1.40 bits per heavy atom. The lowest BCUT2D eigenvalue weighted by molar-refractivity contribution is -0.158. The molecular weight excluding hydrogens is 392 g/mol. The van der Waals surface area contributed by atoms with Gasteiger partial charge in [0.2, 0.25) is 0 Å². The van der Waals surface area contributed by atoms with Gasteiger partial charge in [0.1, 0.15) is 15.5 Å². The average molecular weight is 416 g/mol. The van der Waals surface area contributed by atoms with Gasteiger partial charge >= 0.3 is 11.9 Å². The van der Waals surface area contributed by atoms with E-state index in [1.807, 2.05) is 20.8 Å². The molecule has 0 aromatic heterocycles. The Morgan fingerprint density at radius 1 is 0.950 bits per heavy atom. The van der Waals surface area contributed by atoms with Crippen LogP contribution in [0.25, 0.3) is 0 Å². The third-order valence-corrected chi connectivity index (χ3v) is 4.83. The SMILES string of the molecule is CC(C)(C)OC(=O)CCC(Br)(CBr)C(=O)OC(C)(C)C. The molecule has 4 nitrogen and oxygen atoms in total. The minimum atomic E-state index is -0.919. The topological polar surface area (TPSA) is 52.6 Å². The van der Waals surface area contributed by atoms with E-state index in [4.69, 9.17) is 9.47 Å². The molecule has 20 heavy (non-hydrogen) atoms. The number of hydrogen-bond donors (Lipinski definition) is 0. The summed E-state index contributed by atoms with van der Waals surface area (Å²) in [5.41, 5.74) is -1.09. The number of halogens is 2. The molecule has 0 radical (unpaired) electrons. The summed E-state index contributed by atoms with van der Waals surface area (Å²) >= 11 is 6.67. The van der Waals surface area contributed by atoms with Crippen LogP contribution in [0.15, 0.2) is 0 Å². The van der Waals surface area contributed by atoms with Crippen LogP contribution < -0.4 is 0 Å². The second kappa shape index (κ2) is 7.25. The number of alkyl halides is 2. The number of hydrogen-bond acceptors (Lipinski definition) is 4. The van der Waals surface area contributed by atoms with Gasteiger partial charge in [0.15, 0.2) is 0 Å². The molecule has 0 amide bonds. The van der Waals surface area contributed by atoms with E-state index in [0.717, 1.165) is 0 Å². The average Bonchev–Trinajstić information content (AvgIpc) is 2.21. The molecule has 0 N–H and O–H groups in total. The Balaban J connectivity index is 4.60. The Kier molecular flexibility index (Phi) is 7.21. The molecule has 0 aliphatic rings. The van der Waals surface area contributed by atoms with Crippen LogP contribution in [0.1, 0.15) is 54.4 Å². The number of rotatable bonds is 5. The molecule has 118 valence electrons. The summed E-state index contributed by atoms with van der Waals surface area (Å²) in [6.07, 6.45) is 0.454. The molecule has 0 bridgehead atoms. The van der Waals surface area contributed by atoms with Gasteiger partial charge < -0.3 is 9.47 Å². The summed E-state index contributed by atoms with van der Waals surface area (Å²) in [4.78, 5) is 23.9. The smallest absolute Gasteiger partial charge is 0.324 e. The summed E-state index contributed by atoms with van der Waals surface area (Å²) in [5.74, 6) is -0.712. The highest BCUT2D eigenvalue weighted by molar-refractivity contribution is 9.12. The first-order valence-electron chi connectivity index (χ1n) is 6.49. The van der Waals surface area contributed by atoms with Crippen molar-refractivity contribution in [2.75, 3.05) is 5.33 Å². The van der Waals surface area contributed by atoms with Crippen molar-refractivity contribution < 1.29 is 19.1 Å². The quantitative estimate of drug-likeness (QED) is 0.503. The molecule has 1 unspecified atom stereocenters. The van der Waals surface area contributed by atoms with E-state index in [-0.39, 0.29) is 18.4 Å². The highest BCUT2D eigenvalue weighted by Gasteiger charge is 2.39. The zero-order valence-electron chi connectivity index (χ0n) is 13.0. The Hall–Kier alpha value is -0.100. The summed E-state index contributed by atoms with van der Waals surface area (Å²) in [5, 5.41) is 0.359. The Morgan fingerprint density at radius 3 is 1.75 bits per heavy atom. The van der Waals surface area contributed by atoms with Crippen molar-refractivity contribution in [1.29, 1.82) is 0 Å². The second-order valence-electron chi connectivity index (χ2n) is 6.69. The van der Waals surface area contributed by atoms with Gasteiger partial charge in [-0.05, 0) is 48.0 Å². The van der Waals surface area contributed by atoms with Crippen molar-refractivity contribution in [1.82, 2.24) is 0 Å². The minimum Gasteiger partial charge on any atom is -0.460 e. The van der Waals surface area contributed by atoms with Gasteiger partial charge in [-0.3, -0.25) is 9.59 Å². The fourth-order valence-corrected chi connectivity index (χ4v) is 2.07. The van der Waals surface area contributed by atoms with Crippen molar-refractivity contribution in [3.05, 3.63) is 0 Å². The third kappa shape index (κ3) is 8.25. The predicted molar refractivity (Wildman–Crippen MR) is 86.4 cm³/mol. The summed E-state index contributed by atoms with van der Waals surface area (Å²) in [6.45, 7) is 10.8. The van der Waals surface area contributed by atoms with Crippen molar-refractivity contribution >= 4 is 43.8 Å². The zero-order valence-corrected chi connectivity index (χ0v) is 16.2. The lowest BCUT2D eigenvalue weighted by Crippen LogP contribution is -2.40. The largest absolute Gasteiger partial charge is 0.460 e. The van der Waals surface area contributed by atoms with E-state index in [1.165, 1.54) is 0 Å². The standard InChI is InChI=1S/C14H24Br2O4/c1-12(2,3)19-10(17)7-8-14(16,9-15)11(18)20-13(4,5)6/h7-9H2,1-6H3. The first-order valence-corrected chi connectivity index (χ1v) is 8.41. The zero-order chi connectivity index (χ0) is 16.2. The summed E-state index contributed by atoms with van der Waals surface area (Å²) < 4.78 is 9.67. The highest BCUT2D eigenvalue weighted by atomic mass is 79.9. The predicted octanol–water partition coefficient (Wildman–Crippen LogP) is 3.98. The van der Waals surface area contributed by atoms with E-state index in [9.17, 15) is 9.59 Å². The van der Waals surface area contributed by atoms with Crippen LogP contribution >= 0.6 is 31.9 Å². The van der Waals surface area contributed by atoms with Gasteiger partial charge in [-0.1, -0.05) is 31.9 Å². The van der Waals surface area contributed by atoms with Crippen molar-refractivity contribution in [2.24, 2.45) is 0 Å². The molecule has 0 rings (SSSR count). The Labute approximate surface area is 138 Å². The molecule has 0 aromatic rings. The molecule has 0 saturated heterocycles. The molecule has 6 heteroatoms. The Bertz CT molecular complexity index is 355. The van der Waals surface area contributed by atoms with Crippen LogP contribution in [0.5, 0.6) is 0 Å². The molecule has 0 aliphatic carbocycles. The van der Waals surface area contributed by atoms with Crippen LogP contribution in [-0.2, 0) is 19.1 Å². The summed E-state index contributed by atoms with van der Waals surface area (Å²) in [6, 6.07) is 0. The van der Waals surface area contributed by atoms with E-state index >= 15 is 0 Å². The molecule has 0 saturated carbocycles. The van der Waals surface area contributed by atoms with Crippen molar-refractivity contribution in [3.63, 3.8) is 0 Å². The number of esters is 2. The second-order valence-corrected chi connectivity index (χ2v) is 8.77. The number of carbonyl (C=O) groups excluding carboxylic acids is 2.